The SMILES string of the molecule is CCOc1ccccc1C(O)Cn1cc(C)cn1. The van der Waals surface area contributed by atoms with Crippen LogP contribution in [0.1, 0.15) is 24.2 Å². The van der Waals surface area contributed by atoms with Crippen LogP contribution in [0.3, 0.4) is 0 Å². The lowest BCUT2D eigenvalue weighted by molar-refractivity contribution is 0.146. The largest absolute Gasteiger partial charge is 0.493 e. The van der Waals surface area contributed by atoms with E-state index in [9.17, 15) is 5.11 Å². The van der Waals surface area contributed by atoms with Crippen LogP contribution in [0.15, 0.2) is 36.7 Å². The van der Waals surface area contributed by atoms with Crippen LogP contribution in [0.25, 0.3) is 0 Å². The lowest BCUT2D eigenvalue weighted by Crippen LogP contribution is -2.10. The number of hydrogen-bond donors (Lipinski definition) is 1. The second-order valence-electron chi connectivity index (χ2n) is 4.23. The van der Waals surface area contributed by atoms with Crippen LogP contribution in [0.2, 0.25) is 0 Å². The fraction of sp³-hybridized carbons (Fsp3) is 0.357. The zero-order valence-electron chi connectivity index (χ0n) is 10.7. The van der Waals surface area contributed by atoms with E-state index >= 15 is 0 Å². The number of hydrogen-bond acceptors (Lipinski definition) is 3. The third kappa shape index (κ3) is 2.90. The predicted molar refractivity (Wildman–Crippen MR) is 69.5 cm³/mol. The zero-order valence-corrected chi connectivity index (χ0v) is 10.7. The second kappa shape index (κ2) is 5.69. The molecular weight excluding hydrogens is 228 g/mol. The van der Waals surface area contributed by atoms with Crippen molar-refractivity contribution in [3.63, 3.8) is 0 Å². The first-order valence-electron chi connectivity index (χ1n) is 6.09. The lowest BCUT2D eigenvalue weighted by atomic mass is 10.1. The number of para-hydroxylation sites is 1. The molecule has 2 aromatic rings. The van der Waals surface area contributed by atoms with Crippen molar-refractivity contribution in [2.45, 2.75) is 26.5 Å². The van der Waals surface area contributed by atoms with Crippen LogP contribution in [0.4, 0.5) is 0 Å². The Bertz CT molecular complexity index is 508. The molecule has 1 N–H and O–H groups in total. The van der Waals surface area contributed by atoms with Gasteiger partial charge in [-0.3, -0.25) is 4.68 Å². The van der Waals surface area contributed by atoms with Gasteiger partial charge in [-0.2, -0.15) is 5.10 Å². The predicted octanol–water partition coefficient (Wildman–Crippen LogP) is 2.32. The van der Waals surface area contributed by atoms with Crippen LogP contribution in [0.5, 0.6) is 5.75 Å². The maximum Gasteiger partial charge on any atom is 0.125 e. The molecule has 0 saturated heterocycles. The molecule has 0 saturated carbocycles. The molecule has 0 fully saturated rings. The van der Waals surface area contributed by atoms with Crippen molar-refractivity contribution in [3.05, 3.63) is 47.8 Å². The molecule has 0 aliphatic carbocycles. The van der Waals surface area contributed by atoms with Gasteiger partial charge in [0.2, 0.25) is 0 Å². The third-order valence-electron chi connectivity index (χ3n) is 2.70. The maximum atomic E-state index is 10.2. The fourth-order valence-corrected chi connectivity index (χ4v) is 1.89. The Morgan fingerprint density at radius 2 is 2.17 bits per heavy atom. The molecule has 0 aliphatic heterocycles. The molecule has 0 radical (unpaired) electrons. The van der Waals surface area contributed by atoms with E-state index < -0.39 is 6.10 Å². The van der Waals surface area contributed by atoms with Gasteiger partial charge in [0, 0.05) is 11.8 Å². The summed E-state index contributed by atoms with van der Waals surface area (Å²) in [4.78, 5) is 0. The first-order chi connectivity index (χ1) is 8.70. The summed E-state index contributed by atoms with van der Waals surface area (Å²) in [6.07, 6.45) is 3.07. The Labute approximate surface area is 107 Å². The Morgan fingerprint density at radius 3 is 2.83 bits per heavy atom. The van der Waals surface area contributed by atoms with Gasteiger partial charge in [-0.05, 0) is 25.5 Å². The van der Waals surface area contributed by atoms with Gasteiger partial charge in [-0.1, -0.05) is 18.2 Å². The van der Waals surface area contributed by atoms with Crippen LogP contribution in [-0.2, 0) is 6.54 Å². The Hall–Kier alpha value is -1.81. The van der Waals surface area contributed by atoms with E-state index in [0.29, 0.717) is 13.2 Å². The molecule has 18 heavy (non-hydrogen) atoms. The smallest absolute Gasteiger partial charge is 0.125 e. The van der Waals surface area contributed by atoms with E-state index in [2.05, 4.69) is 5.10 Å². The fourth-order valence-electron chi connectivity index (χ4n) is 1.89. The van der Waals surface area contributed by atoms with Gasteiger partial charge in [-0.25, -0.2) is 0 Å². The van der Waals surface area contributed by atoms with Crippen molar-refractivity contribution >= 4 is 0 Å². The number of aryl methyl sites for hydroxylation is 1. The number of rotatable bonds is 5. The highest BCUT2D eigenvalue weighted by Gasteiger charge is 2.13. The van der Waals surface area contributed by atoms with Gasteiger partial charge in [0.1, 0.15) is 11.9 Å². The highest BCUT2D eigenvalue weighted by atomic mass is 16.5. The number of nitrogens with zero attached hydrogens (tertiary/aromatic N) is 2. The first-order valence-corrected chi connectivity index (χ1v) is 6.09. The molecule has 1 atom stereocenters. The molecule has 2 rings (SSSR count). The third-order valence-corrected chi connectivity index (χ3v) is 2.70. The molecule has 4 nitrogen and oxygen atoms in total. The summed E-state index contributed by atoms with van der Waals surface area (Å²) in [5.41, 5.74) is 1.88. The maximum absolute atomic E-state index is 10.2. The van der Waals surface area contributed by atoms with Crippen molar-refractivity contribution in [2.75, 3.05) is 6.61 Å². The van der Waals surface area contributed by atoms with E-state index in [1.807, 2.05) is 44.3 Å². The van der Waals surface area contributed by atoms with Crippen molar-refractivity contribution < 1.29 is 9.84 Å². The second-order valence-corrected chi connectivity index (χ2v) is 4.23. The summed E-state index contributed by atoms with van der Waals surface area (Å²) in [6, 6.07) is 7.55. The standard InChI is InChI=1S/C14H18N2O2/c1-3-18-14-7-5-4-6-12(14)13(17)10-16-9-11(2)8-15-16/h4-9,13,17H,3,10H2,1-2H3. The molecule has 1 aromatic heterocycles. The molecule has 96 valence electrons. The molecule has 0 spiro atoms. The van der Waals surface area contributed by atoms with Gasteiger partial charge in [0.25, 0.3) is 0 Å². The van der Waals surface area contributed by atoms with Crippen molar-refractivity contribution in [1.29, 1.82) is 0 Å². The molecule has 0 amide bonds. The summed E-state index contributed by atoms with van der Waals surface area (Å²) in [6.45, 7) is 4.92. The molecule has 0 aliphatic rings. The van der Waals surface area contributed by atoms with E-state index in [4.69, 9.17) is 4.74 Å². The van der Waals surface area contributed by atoms with Gasteiger partial charge < -0.3 is 9.84 Å². The summed E-state index contributed by atoms with van der Waals surface area (Å²) in [7, 11) is 0. The molecule has 1 aromatic carbocycles. The number of aromatic nitrogens is 2. The highest BCUT2D eigenvalue weighted by Crippen LogP contribution is 2.26. The number of ether oxygens (including phenoxy) is 1. The Balaban J connectivity index is 2.15. The average molecular weight is 246 g/mol. The molecular formula is C14H18N2O2. The van der Waals surface area contributed by atoms with Gasteiger partial charge >= 0.3 is 0 Å². The highest BCUT2D eigenvalue weighted by molar-refractivity contribution is 5.35. The summed E-state index contributed by atoms with van der Waals surface area (Å²) in [5, 5.41) is 14.4. The van der Waals surface area contributed by atoms with E-state index in [1.165, 1.54) is 0 Å². The number of aliphatic hydroxyl groups excluding tert-OH is 1. The summed E-state index contributed by atoms with van der Waals surface area (Å²) in [5.74, 6) is 0.733. The van der Waals surface area contributed by atoms with E-state index in [1.54, 1.807) is 10.9 Å². The van der Waals surface area contributed by atoms with Crippen LogP contribution >= 0.6 is 0 Å². The Morgan fingerprint density at radius 1 is 1.39 bits per heavy atom. The van der Waals surface area contributed by atoms with Gasteiger partial charge in [-0.15, -0.1) is 0 Å². The lowest BCUT2D eigenvalue weighted by Gasteiger charge is -2.15. The average Bonchev–Trinajstić information content (AvgIpc) is 2.76. The van der Waals surface area contributed by atoms with Crippen molar-refractivity contribution in [1.82, 2.24) is 9.78 Å². The minimum atomic E-state index is -0.618. The summed E-state index contributed by atoms with van der Waals surface area (Å²) < 4.78 is 7.25. The van der Waals surface area contributed by atoms with E-state index in [0.717, 1.165) is 16.9 Å². The molecule has 4 heteroatoms. The van der Waals surface area contributed by atoms with E-state index in [-0.39, 0.29) is 0 Å². The quantitative estimate of drug-likeness (QED) is 0.880. The molecule has 0 bridgehead atoms. The normalized spacial score (nSPS) is 12.4. The molecule has 1 heterocycles. The van der Waals surface area contributed by atoms with Crippen LogP contribution < -0.4 is 4.74 Å². The van der Waals surface area contributed by atoms with Crippen molar-refractivity contribution in [3.8, 4) is 5.75 Å². The van der Waals surface area contributed by atoms with Crippen molar-refractivity contribution in [2.24, 2.45) is 0 Å². The van der Waals surface area contributed by atoms with Gasteiger partial charge in [0.15, 0.2) is 0 Å². The topological polar surface area (TPSA) is 47.3 Å². The zero-order chi connectivity index (χ0) is 13.0. The Kier molecular flexibility index (Phi) is 3.99. The monoisotopic (exact) mass is 246 g/mol. The van der Waals surface area contributed by atoms with Gasteiger partial charge in [0.05, 0.1) is 19.3 Å². The number of benzene rings is 1. The summed E-state index contributed by atoms with van der Waals surface area (Å²) >= 11 is 0. The van der Waals surface area contributed by atoms with Crippen LogP contribution in [0, 0.1) is 6.92 Å². The van der Waals surface area contributed by atoms with Crippen LogP contribution in [-0.4, -0.2) is 21.5 Å². The molecule has 1 unspecified atom stereocenters. The minimum absolute atomic E-state index is 0.428. The number of aliphatic hydroxyl groups is 1. The first kappa shape index (κ1) is 12.6. The minimum Gasteiger partial charge on any atom is -0.493 e.